The molecule has 1 saturated heterocycles. The molecule has 1 atom stereocenters. The topological polar surface area (TPSA) is 85.3 Å². The van der Waals surface area contributed by atoms with E-state index in [-0.39, 0.29) is 11.3 Å². The first-order valence-electron chi connectivity index (χ1n) is 13.7. The fourth-order valence-corrected chi connectivity index (χ4v) is 5.01. The number of rotatable bonds is 11. The van der Waals surface area contributed by atoms with Crippen LogP contribution in [0.25, 0.3) is 5.76 Å². The van der Waals surface area contributed by atoms with E-state index < -0.39 is 17.7 Å². The summed E-state index contributed by atoms with van der Waals surface area (Å²) in [6.45, 7) is 8.89. The van der Waals surface area contributed by atoms with E-state index in [4.69, 9.17) is 14.2 Å². The lowest BCUT2D eigenvalue weighted by molar-refractivity contribution is -0.132. The number of hydrogen-bond donors (Lipinski definition) is 1. The minimum atomic E-state index is -0.878. The van der Waals surface area contributed by atoms with Crippen LogP contribution in [0, 0.1) is 13.8 Å². The third-order valence-corrected chi connectivity index (χ3v) is 7.00. The van der Waals surface area contributed by atoms with Crippen molar-refractivity contribution in [1.82, 2.24) is 0 Å². The Labute approximate surface area is 236 Å². The van der Waals surface area contributed by atoms with Crippen LogP contribution in [0.4, 0.5) is 5.69 Å². The van der Waals surface area contributed by atoms with Crippen molar-refractivity contribution in [3.8, 4) is 17.2 Å². The molecule has 1 aliphatic heterocycles. The smallest absolute Gasteiger partial charge is 0.300 e. The number of amides is 1. The summed E-state index contributed by atoms with van der Waals surface area (Å²) in [4.78, 5) is 28.6. The maximum Gasteiger partial charge on any atom is 0.300 e. The standard InChI is InChI=1S/C33H37NO6/c1-6-8-9-18-40-25-14-11-23(12-15-25)31(35)29-30(24-13-17-27(38-5)28(20-24)39-7-2)34(33(37)32(29)36)26-16-10-21(3)19-22(26)4/h10-17,19-20,30,35H,6-9,18H2,1-5H3/b31-29+. The average Bonchev–Trinajstić information content (AvgIpc) is 3.21. The van der Waals surface area contributed by atoms with Crippen molar-refractivity contribution in [2.45, 2.75) is 53.0 Å². The first-order valence-corrected chi connectivity index (χ1v) is 13.7. The van der Waals surface area contributed by atoms with Crippen molar-refractivity contribution in [3.63, 3.8) is 0 Å². The second kappa shape index (κ2) is 12.7. The van der Waals surface area contributed by atoms with Gasteiger partial charge in [-0.1, -0.05) is 43.5 Å². The number of ketones is 1. The highest BCUT2D eigenvalue weighted by Gasteiger charge is 2.47. The molecule has 0 radical (unpaired) electrons. The third-order valence-electron chi connectivity index (χ3n) is 7.00. The van der Waals surface area contributed by atoms with Crippen LogP contribution in [0.1, 0.15) is 61.4 Å². The lowest BCUT2D eigenvalue weighted by atomic mass is 9.94. The molecule has 0 aliphatic carbocycles. The van der Waals surface area contributed by atoms with E-state index in [0.29, 0.717) is 47.3 Å². The molecule has 1 amide bonds. The highest BCUT2D eigenvalue weighted by Crippen LogP contribution is 2.45. The van der Waals surface area contributed by atoms with Crippen molar-refractivity contribution in [2.75, 3.05) is 25.2 Å². The minimum Gasteiger partial charge on any atom is -0.507 e. The number of Topliss-reactive ketones (excluding diaryl/α,β-unsaturated/α-hetero) is 1. The zero-order chi connectivity index (χ0) is 28.8. The first-order chi connectivity index (χ1) is 19.3. The molecule has 210 valence electrons. The van der Waals surface area contributed by atoms with Crippen LogP contribution in [-0.4, -0.2) is 37.1 Å². The molecule has 0 bridgehead atoms. The second-order valence-electron chi connectivity index (χ2n) is 9.88. The zero-order valence-electron chi connectivity index (χ0n) is 23.8. The fraction of sp³-hybridized carbons (Fsp3) is 0.333. The number of nitrogens with zero attached hydrogens (tertiary/aromatic N) is 1. The van der Waals surface area contributed by atoms with Crippen LogP contribution < -0.4 is 19.1 Å². The summed E-state index contributed by atoms with van der Waals surface area (Å²) in [6, 6.07) is 17.0. The molecule has 4 rings (SSSR count). The second-order valence-corrected chi connectivity index (χ2v) is 9.88. The van der Waals surface area contributed by atoms with Gasteiger partial charge in [-0.3, -0.25) is 14.5 Å². The third kappa shape index (κ3) is 5.83. The Kier molecular flexibility index (Phi) is 9.15. The Bertz CT molecular complexity index is 1410. The number of anilines is 1. The van der Waals surface area contributed by atoms with E-state index in [9.17, 15) is 14.7 Å². The van der Waals surface area contributed by atoms with Crippen LogP contribution >= 0.6 is 0 Å². The lowest BCUT2D eigenvalue weighted by Crippen LogP contribution is -2.30. The molecule has 3 aromatic rings. The molecular formula is C33H37NO6. The summed E-state index contributed by atoms with van der Waals surface area (Å²) in [5.41, 5.74) is 3.52. The SMILES string of the molecule is CCCCCOc1ccc(/C(O)=C2\C(=O)C(=O)N(c3ccc(C)cc3C)C2c2ccc(OC)c(OCC)c2)cc1. The number of ether oxygens (including phenoxy) is 3. The number of aliphatic hydroxyl groups excluding tert-OH is 1. The van der Waals surface area contributed by atoms with Crippen molar-refractivity contribution < 1.29 is 28.9 Å². The van der Waals surface area contributed by atoms with Crippen LogP contribution in [0.2, 0.25) is 0 Å². The average molecular weight is 544 g/mol. The number of aryl methyl sites for hydroxylation is 2. The van der Waals surface area contributed by atoms with E-state index in [1.165, 1.54) is 4.90 Å². The van der Waals surface area contributed by atoms with Crippen LogP contribution in [-0.2, 0) is 9.59 Å². The molecule has 1 fully saturated rings. The number of carbonyl (C=O) groups excluding carboxylic acids is 2. The van der Waals surface area contributed by atoms with E-state index >= 15 is 0 Å². The van der Waals surface area contributed by atoms with E-state index in [1.807, 2.05) is 39.0 Å². The van der Waals surface area contributed by atoms with E-state index in [0.717, 1.165) is 30.4 Å². The van der Waals surface area contributed by atoms with Gasteiger partial charge < -0.3 is 19.3 Å². The predicted molar refractivity (Wildman–Crippen MR) is 156 cm³/mol. The molecule has 0 aromatic heterocycles. The number of unbranched alkanes of at least 4 members (excludes halogenated alkanes) is 2. The maximum absolute atomic E-state index is 13.6. The number of carbonyl (C=O) groups is 2. The lowest BCUT2D eigenvalue weighted by Gasteiger charge is -2.27. The first kappa shape index (κ1) is 28.7. The predicted octanol–water partition coefficient (Wildman–Crippen LogP) is 6.91. The molecule has 1 aliphatic rings. The Morgan fingerprint density at radius 3 is 2.30 bits per heavy atom. The molecule has 1 heterocycles. The van der Waals surface area contributed by atoms with Gasteiger partial charge in [-0.2, -0.15) is 0 Å². The van der Waals surface area contributed by atoms with Gasteiger partial charge in [0, 0.05) is 11.3 Å². The molecule has 7 nitrogen and oxygen atoms in total. The van der Waals surface area contributed by atoms with Crippen LogP contribution in [0.5, 0.6) is 17.2 Å². The quantitative estimate of drug-likeness (QED) is 0.122. The van der Waals surface area contributed by atoms with Gasteiger partial charge in [-0.05, 0) is 80.8 Å². The normalized spacial score (nSPS) is 16.3. The molecule has 1 unspecified atom stereocenters. The summed E-state index contributed by atoms with van der Waals surface area (Å²) in [5.74, 6) is -0.0143. The van der Waals surface area contributed by atoms with Crippen LogP contribution in [0.15, 0.2) is 66.2 Å². The van der Waals surface area contributed by atoms with Crippen LogP contribution in [0.3, 0.4) is 0 Å². The maximum atomic E-state index is 13.6. The van der Waals surface area contributed by atoms with E-state index in [2.05, 4.69) is 6.92 Å². The molecular weight excluding hydrogens is 506 g/mol. The van der Waals surface area contributed by atoms with Gasteiger partial charge in [0.15, 0.2) is 11.5 Å². The van der Waals surface area contributed by atoms with Crippen molar-refractivity contribution >= 4 is 23.1 Å². The molecule has 1 N–H and O–H groups in total. The number of aliphatic hydroxyl groups is 1. The largest absolute Gasteiger partial charge is 0.507 e. The van der Waals surface area contributed by atoms with Crippen molar-refractivity contribution in [2.24, 2.45) is 0 Å². The van der Waals surface area contributed by atoms with E-state index in [1.54, 1.807) is 49.6 Å². The molecule has 0 spiro atoms. The highest BCUT2D eigenvalue weighted by atomic mass is 16.5. The van der Waals surface area contributed by atoms with Gasteiger partial charge in [0.25, 0.3) is 11.7 Å². The zero-order valence-corrected chi connectivity index (χ0v) is 23.8. The molecule has 7 heteroatoms. The van der Waals surface area contributed by atoms with Gasteiger partial charge in [-0.25, -0.2) is 0 Å². The van der Waals surface area contributed by atoms with Crippen molar-refractivity contribution in [1.29, 1.82) is 0 Å². The number of methoxy groups -OCH3 is 1. The Hall–Kier alpha value is -4.26. The molecule has 3 aromatic carbocycles. The Balaban J connectivity index is 1.83. The Morgan fingerprint density at radius 2 is 1.65 bits per heavy atom. The van der Waals surface area contributed by atoms with Gasteiger partial charge in [0.05, 0.1) is 31.9 Å². The van der Waals surface area contributed by atoms with Crippen molar-refractivity contribution in [3.05, 3.63) is 88.5 Å². The van der Waals surface area contributed by atoms with Gasteiger partial charge in [0.2, 0.25) is 0 Å². The summed E-state index contributed by atoms with van der Waals surface area (Å²) >= 11 is 0. The molecule has 0 saturated carbocycles. The monoisotopic (exact) mass is 543 g/mol. The van der Waals surface area contributed by atoms with Gasteiger partial charge >= 0.3 is 0 Å². The van der Waals surface area contributed by atoms with Gasteiger partial charge in [0.1, 0.15) is 11.5 Å². The number of hydrogen-bond acceptors (Lipinski definition) is 6. The van der Waals surface area contributed by atoms with Gasteiger partial charge in [-0.15, -0.1) is 0 Å². The summed E-state index contributed by atoms with van der Waals surface area (Å²) in [7, 11) is 1.55. The number of benzene rings is 3. The summed E-state index contributed by atoms with van der Waals surface area (Å²) < 4.78 is 17.0. The Morgan fingerprint density at radius 1 is 0.900 bits per heavy atom. The summed E-state index contributed by atoms with van der Waals surface area (Å²) in [5, 5.41) is 11.5. The summed E-state index contributed by atoms with van der Waals surface area (Å²) in [6.07, 6.45) is 3.17. The minimum absolute atomic E-state index is 0.00852. The fourth-order valence-electron chi connectivity index (χ4n) is 5.01. The highest BCUT2D eigenvalue weighted by molar-refractivity contribution is 6.51. The molecule has 40 heavy (non-hydrogen) atoms.